The largest absolute Gasteiger partial charge is 0.454 e. The molecule has 1 fully saturated rings. The van der Waals surface area contributed by atoms with Crippen LogP contribution in [-0.2, 0) is 18.3 Å². The predicted molar refractivity (Wildman–Crippen MR) is 143 cm³/mol. The molecular formula is C28H29N5O4. The zero-order chi connectivity index (χ0) is 25.5. The summed E-state index contributed by atoms with van der Waals surface area (Å²) < 4.78 is 15.4. The van der Waals surface area contributed by atoms with Gasteiger partial charge < -0.3 is 24.0 Å². The van der Waals surface area contributed by atoms with Gasteiger partial charge in [0.15, 0.2) is 5.75 Å². The van der Waals surface area contributed by atoms with Gasteiger partial charge in [-0.05, 0) is 37.3 Å². The van der Waals surface area contributed by atoms with E-state index < -0.39 is 0 Å². The van der Waals surface area contributed by atoms with E-state index in [1.807, 2.05) is 54.7 Å². The van der Waals surface area contributed by atoms with Crippen LogP contribution in [0, 0.1) is 0 Å². The lowest BCUT2D eigenvalue weighted by atomic mass is 10.0. The highest BCUT2D eigenvalue weighted by atomic mass is 16.5. The van der Waals surface area contributed by atoms with Crippen molar-refractivity contribution in [2.45, 2.75) is 19.6 Å². The minimum atomic E-state index is -0.182. The van der Waals surface area contributed by atoms with Crippen LogP contribution in [0.3, 0.4) is 0 Å². The summed E-state index contributed by atoms with van der Waals surface area (Å²) in [6, 6.07) is 15.3. The Morgan fingerprint density at radius 2 is 1.86 bits per heavy atom. The fourth-order valence-electron chi connectivity index (χ4n) is 5.17. The number of imidazole rings is 1. The average molecular weight is 500 g/mol. The summed E-state index contributed by atoms with van der Waals surface area (Å²) in [5.41, 5.74) is 3.26. The number of aryl methyl sites for hydroxylation is 1. The van der Waals surface area contributed by atoms with Crippen LogP contribution in [0.4, 0.5) is 0 Å². The third-order valence-electron chi connectivity index (χ3n) is 7.02. The van der Waals surface area contributed by atoms with Gasteiger partial charge in [-0.3, -0.25) is 14.3 Å². The number of benzene rings is 2. The number of H-pyrrole nitrogens is 2. The molecule has 1 saturated heterocycles. The Balaban J connectivity index is 1.49. The van der Waals surface area contributed by atoms with Gasteiger partial charge in [-0.2, -0.15) is 0 Å². The standard InChI is InChI=1S/C28H29N5O4/c1-18-16-32(14-15-36-18)12-13-33-23-9-8-21(22-17-31(2)27(34)24-20(22)10-11-29-24)26(25(23)30-28(33)35)37-19-6-4-3-5-7-19/h3-11,17-18,29H,12-16H2,1-2H3,(H,30,35)/t18-/m1/s1. The molecular weight excluding hydrogens is 470 g/mol. The van der Waals surface area contributed by atoms with Crippen LogP contribution in [0.1, 0.15) is 6.92 Å². The third-order valence-corrected chi connectivity index (χ3v) is 7.02. The van der Waals surface area contributed by atoms with Crippen molar-refractivity contribution in [3.63, 3.8) is 0 Å². The van der Waals surface area contributed by atoms with Gasteiger partial charge in [-0.1, -0.05) is 18.2 Å². The van der Waals surface area contributed by atoms with E-state index in [9.17, 15) is 9.59 Å². The molecule has 3 aromatic heterocycles. The molecule has 0 saturated carbocycles. The molecule has 0 spiro atoms. The Bertz CT molecular complexity index is 1700. The topological polar surface area (TPSA) is 97.3 Å². The molecule has 190 valence electrons. The van der Waals surface area contributed by atoms with Gasteiger partial charge in [0, 0.05) is 62.1 Å². The first-order valence-electron chi connectivity index (χ1n) is 12.5. The summed E-state index contributed by atoms with van der Waals surface area (Å²) in [4.78, 5) is 34.3. The predicted octanol–water partition coefficient (Wildman–Crippen LogP) is 3.69. The second kappa shape index (κ2) is 9.42. The monoisotopic (exact) mass is 499 g/mol. The van der Waals surface area contributed by atoms with E-state index >= 15 is 0 Å². The molecule has 1 atom stereocenters. The van der Waals surface area contributed by atoms with E-state index in [-0.39, 0.29) is 17.4 Å². The Morgan fingerprint density at radius 3 is 2.68 bits per heavy atom. The number of pyridine rings is 1. The van der Waals surface area contributed by atoms with Crippen molar-refractivity contribution in [1.82, 2.24) is 24.0 Å². The molecule has 37 heavy (non-hydrogen) atoms. The number of hydrogen-bond donors (Lipinski definition) is 2. The second-order valence-electron chi connectivity index (χ2n) is 9.54. The molecule has 0 unspecified atom stereocenters. The fourth-order valence-corrected chi connectivity index (χ4v) is 5.17. The van der Waals surface area contributed by atoms with Gasteiger partial charge in [0.2, 0.25) is 0 Å². The molecule has 5 aromatic rings. The van der Waals surface area contributed by atoms with Crippen molar-refractivity contribution < 1.29 is 9.47 Å². The SMILES string of the molecule is C[C@@H]1CN(CCn2c(=O)[nH]c3c(Oc4ccccc4)c(-c4cn(C)c(=O)c5[nH]ccc45)ccc32)CCO1. The van der Waals surface area contributed by atoms with E-state index in [2.05, 4.69) is 21.8 Å². The van der Waals surface area contributed by atoms with Crippen LogP contribution in [0.15, 0.2) is 70.5 Å². The fraction of sp³-hybridized carbons (Fsp3) is 0.286. The Labute approximate surface area is 212 Å². The smallest absolute Gasteiger partial charge is 0.326 e. The summed E-state index contributed by atoms with van der Waals surface area (Å²) in [5.74, 6) is 1.20. The van der Waals surface area contributed by atoms with E-state index in [1.165, 1.54) is 0 Å². The van der Waals surface area contributed by atoms with E-state index in [0.717, 1.165) is 41.7 Å². The minimum Gasteiger partial charge on any atom is -0.454 e. The highest BCUT2D eigenvalue weighted by Gasteiger charge is 2.22. The van der Waals surface area contributed by atoms with Gasteiger partial charge in [0.1, 0.15) is 16.8 Å². The van der Waals surface area contributed by atoms with E-state index in [4.69, 9.17) is 9.47 Å². The average Bonchev–Trinajstić information content (AvgIpc) is 3.51. The van der Waals surface area contributed by atoms with Gasteiger partial charge in [-0.15, -0.1) is 0 Å². The van der Waals surface area contributed by atoms with E-state index in [1.54, 1.807) is 22.4 Å². The summed E-state index contributed by atoms with van der Waals surface area (Å²) in [5, 5.41) is 0.795. The Kier molecular flexibility index (Phi) is 5.94. The number of aromatic nitrogens is 4. The van der Waals surface area contributed by atoms with Crippen molar-refractivity contribution >= 4 is 21.9 Å². The van der Waals surface area contributed by atoms with E-state index in [0.29, 0.717) is 35.7 Å². The highest BCUT2D eigenvalue weighted by Crippen LogP contribution is 2.40. The van der Waals surface area contributed by atoms with Crippen molar-refractivity contribution in [3.05, 3.63) is 81.8 Å². The molecule has 0 bridgehead atoms. The normalized spacial score (nSPS) is 16.5. The summed E-state index contributed by atoms with van der Waals surface area (Å²) in [6.45, 7) is 5.78. The number of hydrogen-bond acceptors (Lipinski definition) is 5. The maximum absolute atomic E-state index is 13.2. The Morgan fingerprint density at radius 1 is 1.03 bits per heavy atom. The molecule has 0 aliphatic carbocycles. The number of aromatic amines is 2. The molecule has 1 aliphatic rings. The lowest BCUT2D eigenvalue weighted by Crippen LogP contribution is -2.42. The maximum Gasteiger partial charge on any atom is 0.326 e. The molecule has 9 heteroatoms. The lowest BCUT2D eigenvalue weighted by molar-refractivity contribution is -0.0191. The number of para-hydroxylation sites is 1. The number of fused-ring (bicyclic) bond motifs is 2. The molecule has 0 amide bonds. The van der Waals surface area contributed by atoms with Crippen LogP contribution in [0.5, 0.6) is 11.5 Å². The first-order valence-corrected chi connectivity index (χ1v) is 12.5. The number of nitrogens with zero attached hydrogens (tertiary/aromatic N) is 3. The first kappa shape index (κ1) is 23.3. The number of nitrogens with one attached hydrogen (secondary N) is 2. The zero-order valence-corrected chi connectivity index (χ0v) is 20.9. The third kappa shape index (κ3) is 4.26. The summed E-state index contributed by atoms with van der Waals surface area (Å²) in [7, 11) is 1.73. The van der Waals surface area contributed by atoms with Crippen LogP contribution in [0.25, 0.3) is 33.1 Å². The highest BCUT2D eigenvalue weighted by molar-refractivity contribution is 6.00. The van der Waals surface area contributed by atoms with Gasteiger partial charge in [0.05, 0.1) is 18.2 Å². The van der Waals surface area contributed by atoms with Gasteiger partial charge in [0.25, 0.3) is 5.56 Å². The van der Waals surface area contributed by atoms with Crippen LogP contribution >= 0.6 is 0 Å². The second-order valence-corrected chi connectivity index (χ2v) is 9.54. The first-order chi connectivity index (χ1) is 18.0. The van der Waals surface area contributed by atoms with Crippen molar-refractivity contribution in [1.29, 1.82) is 0 Å². The van der Waals surface area contributed by atoms with Crippen LogP contribution < -0.4 is 16.0 Å². The number of rotatable bonds is 6. The number of ether oxygens (including phenoxy) is 2. The summed E-state index contributed by atoms with van der Waals surface area (Å²) in [6.07, 6.45) is 3.76. The van der Waals surface area contributed by atoms with Crippen LogP contribution in [-0.4, -0.2) is 56.3 Å². The molecule has 2 aromatic carbocycles. The van der Waals surface area contributed by atoms with Crippen molar-refractivity contribution in [2.24, 2.45) is 7.05 Å². The molecule has 1 aliphatic heterocycles. The van der Waals surface area contributed by atoms with Gasteiger partial charge >= 0.3 is 5.69 Å². The molecule has 2 N–H and O–H groups in total. The van der Waals surface area contributed by atoms with Crippen molar-refractivity contribution in [2.75, 3.05) is 26.2 Å². The molecule has 9 nitrogen and oxygen atoms in total. The molecule has 0 radical (unpaired) electrons. The number of morpholine rings is 1. The molecule has 6 rings (SSSR count). The van der Waals surface area contributed by atoms with Crippen LogP contribution in [0.2, 0.25) is 0 Å². The zero-order valence-electron chi connectivity index (χ0n) is 20.9. The maximum atomic E-state index is 13.2. The quantitative estimate of drug-likeness (QED) is 0.371. The summed E-state index contributed by atoms with van der Waals surface area (Å²) >= 11 is 0. The molecule has 4 heterocycles. The lowest BCUT2D eigenvalue weighted by Gasteiger charge is -2.31. The van der Waals surface area contributed by atoms with Gasteiger partial charge in [-0.25, -0.2) is 4.79 Å². The Hall–Kier alpha value is -4.08. The van der Waals surface area contributed by atoms with Crippen molar-refractivity contribution in [3.8, 4) is 22.6 Å². The minimum absolute atomic E-state index is 0.104.